The predicted molar refractivity (Wildman–Crippen MR) is 81.3 cm³/mol. The standard InChI is InChI=1S/C12H17N3O4S.ClH/c1-9-7-11(15(16)17)4-5-12(9)20(18,19)14-10-3-2-6-13-8-10;/h4-5,7,10,13-14H,2-3,6,8H2,1H3;1H/t10-;/m0./s1. The molecule has 21 heavy (non-hydrogen) atoms. The van der Waals surface area contributed by atoms with E-state index in [1.54, 1.807) is 6.92 Å². The van der Waals surface area contributed by atoms with Crippen LogP contribution < -0.4 is 10.0 Å². The van der Waals surface area contributed by atoms with Crippen molar-refractivity contribution in [2.45, 2.75) is 30.7 Å². The van der Waals surface area contributed by atoms with E-state index in [0.29, 0.717) is 12.1 Å². The molecule has 9 heteroatoms. The maximum atomic E-state index is 12.3. The normalized spacial score (nSPS) is 18.8. The zero-order valence-corrected chi connectivity index (χ0v) is 13.2. The largest absolute Gasteiger partial charge is 0.315 e. The number of nitrogens with zero attached hydrogens (tertiary/aromatic N) is 1. The van der Waals surface area contributed by atoms with E-state index < -0.39 is 14.9 Å². The SMILES string of the molecule is Cc1cc([N+](=O)[O-])ccc1S(=O)(=O)N[C@H]1CCCNC1.Cl. The van der Waals surface area contributed by atoms with Gasteiger partial charge in [0.1, 0.15) is 0 Å². The van der Waals surface area contributed by atoms with Crippen molar-refractivity contribution in [1.29, 1.82) is 0 Å². The summed E-state index contributed by atoms with van der Waals surface area (Å²) in [6.45, 7) is 3.06. The average molecular weight is 336 g/mol. The van der Waals surface area contributed by atoms with Crippen LogP contribution in [0.5, 0.6) is 0 Å². The molecule has 7 nitrogen and oxygen atoms in total. The molecule has 1 heterocycles. The summed E-state index contributed by atoms with van der Waals surface area (Å²) in [5.74, 6) is 0. The number of nitrogens with one attached hydrogen (secondary N) is 2. The van der Waals surface area contributed by atoms with Gasteiger partial charge in [-0.05, 0) is 37.9 Å². The van der Waals surface area contributed by atoms with Crippen molar-refractivity contribution < 1.29 is 13.3 Å². The first kappa shape index (κ1) is 17.8. The second-order valence-electron chi connectivity index (χ2n) is 4.87. The highest BCUT2D eigenvalue weighted by Crippen LogP contribution is 2.21. The second-order valence-corrected chi connectivity index (χ2v) is 6.55. The molecule has 0 radical (unpaired) electrons. The Bertz CT molecular complexity index is 615. The Morgan fingerprint density at radius 1 is 1.43 bits per heavy atom. The third-order valence-electron chi connectivity index (χ3n) is 3.28. The fourth-order valence-corrected chi connectivity index (χ4v) is 3.78. The van der Waals surface area contributed by atoms with Gasteiger partial charge in [0.15, 0.2) is 0 Å². The van der Waals surface area contributed by atoms with Gasteiger partial charge in [-0.15, -0.1) is 12.4 Å². The molecule has 0 amide bonds. The zero-order valence-electron chi connectivity index (χ0n) is 11.5. The number of halogens is 1. The van der Waals surface area contributed by atoms with E-state index in [2.05, 4.69) is 10.0 Å². The van der Waals surface area contributed by atoms with Crippen LogP contribution in [0.2, 0.25) is 0 Å². The summed E-state index contributed by atoms with van der Waals surface area (Å²) in [5, 5.41) is 13.8. The van der Waals surface area contributed by atoms with E-state index >= 15 is 0 Å². The number of sulfonamides is 1. The lowest BCUT2D eigenvalue weighted by Crippen LogP contribution is -2.45. The van der Waals surface area contributed by atoms with Crippen molar-refractivity contribution in [3.05, 3.63) is 33.9 Å². The zero-order chi connectivity index (χ0) is 14.8. The highest BCUT2D eigenvalue weighted by molar-refractivity contribution is 7.89. The minimum atomic E-state index is -3.65. The minimum absolute atomic E-state index is 0. The summed E-state index contributed by atoms with van der Waals surface area (Å²) in [6.07, 6.45) is 1.71. The van der Waals surface area contributed by atoms with E-state index in [9.17, 15) is 18.5 Å². The molecular weight excluding hydrogens is 318 g/mol. The van der Waals surface area contributed by atoms with Gasteiger partial charge < -0.3 is 5.32 Å². The number of rotatable bonds is 4. The maximum Gasteiger partial charge on any atom is 0.269 e. The van der Waals surface area contributed by atoms with Gasteiger partial charge in [0.25, 0.3) is 5.69 Å². The van der Waals surface area contributed by atoms with Crippen molar-refractivity contribution in [2.75, 3.05) is 13.1 Å². The molecule has 1 atom stereocenters. The molecule has 0 bridgehead atoms. The fourth-order valence-electron chi connectivity index (χ4n) is 2.28. The Labute approximate surface area is 129 Å². The fraction of sp³-hybridized carbons (Fsp3) is 0.500. The van der Waals surface area contributed by atoms with Crippen LogP contribution in [-0.2, 0) is 10.0 Å². The first-order chi connectivity index (χ1) is 9.40. The van der Waals surface area contributed by atoms with E-state index in [4.69, 9.17) is 0 Å². The van der Waals surface area contributed by atoms with Crippen LogP contribution in [0.25, 0.3) is 0 Å². The van der Waals surface area contributed by atoms with Crippen LogP contribution in [0.1, 0.15) is 18.4 Å². The highest BCUT2D eigenvalue weighted by atomic mass is 35.5. The van der Waals surface area contributed by atoms with E-state index in [1.165, 1.54) is 18.2 Å². The Morgan fingerprint density at radius 2 is 2.14 bits per heavy atom. The number of hydrogen-bond donors (Lipinski definition) is 2. The summed E-state index contributed by atoms with van der Waals surface area (Å²) in [7, 11) is -3.65. The number of non-ortho nitro benzene ring substituents is 1. The molecule has 1 aromatic carbocycles. The number of benzene rings is 1. The molecule has 0 saturated carbocycles. The van der Waals surface area contributed by atoms with Crippen LogP contribution in [0, 0.1) is 17.0 Å². The topological polar surface area (TPSA) is 101 Å². The molecule has 0 aromatic heterocycles. The lowest BCUT2D eigenvalue weighted by atomic mass is 10.1. The number of piperidine rings is 1. The van der Waals surface area contributed by atoms with Gasteiger partial charge in [-0.25, -0.2) is 13.1 Å². The summed E-state index contributed by atoms with van der Waals surface area (Å²) in [4.78, 5) is 10.2. The first-order valence-electron chi connectivity index (χ1n) is 6.38. The maximum absolute atomic E-state index is 12.3. The number of nitro benzene ring substituents is 1. The lowest BCUT2D eigenvalue weighted by molar-refractivity contribution is -0.385. The van der Waals surface area contributed by atoms with Crippen LogP contribution in [0.15, 0.2) is 23.1 Å². The number of nitro groups is 1. The van der Waals surface area contributed by atoms with Crippen molar-refractivity contribution in [3.63, 3.8) is 0 Å². The minimum Gasteiger partial charge on any atom is -0.315 e. The smallest absolute Gasteiger partial charge is 0.269 e. The molecular formula is C12H18ClN3O4S. The summed E-state index contributed by atoms with van der Waals surface area (Å²) in [5.41, 5.74) is 0.260. The molecule has 1 saturated heterocycles. The van der Waals surface area contributed by atoms with Gasteiger partial charge in [0.2, 0.25) is 10.0 Å². The Balaban J connectivity index is 0.00000220. The lowest BCUT2D eigenvalue weighted by Gasteiger charge is -2.23. The number of hydrogen-bond acceptors (Lipinski definition) is 5. The van der Waals surface area contributed by atoms with Crippen molar-refractivity contribution in [1.82, 2.24) is 10.0 Å². The molecule has 1 fully saturated rings. The Morgan fingerprint density at radius 3 is 2.67 bits per heavy atom. The third kappa shape index (κ3) is 4.37. The molecule has 1 aromatic rings. The summed E-state index contributed by atoms with van der Waals surface area (Å²) < 4.78 is 27.2. The van der Waals surface area contributed by atoms with Crippen molar-refractivity contribution in [3.8, 4) is 0 Å². The van der Waals surface area contributed by atoms with E-state index in [-0.39, 0.29) is 29.0 Å². The number of aryl methyl sites for hydroxylation is 1. The first-order valence-corrected chi connectivity index (χ1v) is 7.86. The van der Waals surface area contributed by atoms with Gasteiger partial charge in [0, 0.05) is 24.7 Å². The van der Waals surface area contributed by atoms with Gasteiger partial charge in [-0.3, -0.25) is 10.1 Å². The van der Waals surface area contributed by atoms with Gasteiger partial charge in [0.05, 0.1) is 9.82 Å². The van der Waals surface area contributed by atoms with Crippen molar-refractivity contribution >= 4 is 28.1 Å². The molecule has 1 aliphatic rings. The molecule has 1 aliphatic heterocycles. The molecule has 2 N–H and O–H groups in total. The third-order valence-corrected chi connectivity index (χ3v) is 4.96. The monoisotopic (exact) mass is 335 g/mol. The van der Waals surface area contributed by atoms with Crippen LogP contribution in [0.4, 0.5) is 5.69 Å². The van der Waals surface area contributed by atoms with E-state index in [1.807, 2.05) is 0 Å². The van der Waals surface area contributed by atoms with E-state index in [0.717, 1.165) is 19.4 Å². The Hall–Kier alpha value is -1.22. The molecule has 0 aliphatic carbocycles. The predicted octanol–water partition coefficient (Wildman–Crippen LogP) is 1.36. The summed E-state index contributed by atoms with van der Waals surface area (Å²) >= 11 is 0. The molecule has 0 spiro atoms. The quantitative estimate of drug-likeness (QED) is 0.639. The van der Waals surface area contributed by atoms with Crippen LogP contribution in [-0.4, -0.2) is 32.5 Å². The molecule has 2 rings (SSSR count). The molecule has 118 valence electrons. The van der Waals surface area contributed by atoms with Gasteiger partial charge >= 0.3 is 0 Å². The highest BCUT2D eigenvalue weighted by Gasteiger charge is 2.24. The van der Waals surface area contributed by atoms with Crippen LogP contribution >= 0.6 is 12.4 Å². The van der Waals surface area contributed by atoms with Crippen molar-refractivity contribution in [2.24, 2.45) is 0 Å². The Kier molecular flexibility index (Phi) is 6.09. The van der Waals surface area contributed by atoms with Gasteiger partial charge in [-0.1, -0.05) is 0 Å². The average Bonchev–Trinajstić information content (AvgIpc) is 2.38. The molecule has 0 unspecified atom stereocenters. The second kappa shape index (κ2) is 7.17. The van der Waals surface area contributed by atoms with Gasteiger partial charge in [-0.2, -0.15) is 0 Å². The van der Waals surface area contributed by atoms with Crippen LogP contribution in [0.3, 0.4) is 0 Å². The summed E-state index contributed by atoms with van der Waals surface area (Å²) in [6, 6.07) is 3.63.